The smallest absolute Gasteiger partial charge is 0.316 e. The van der Waals surface area contributed by atoms with Gasteiger partial charge in [0.1, 0.15) is 0 Å². The van der Waals surface area contributed by atoms with Gasteiger partial charge in [-0.2, -0.15) is 13.2 Å². The average Bonchev–Trinajstić information content (AvgIpc) is 2.24. The van der Waals surface area contributed by atoms with Gasteiger partial charge in [-0.05, 0) is 31.1 Å². The van der Waals surface area contributed by atoms with Crippen molar-refractivity contribution in [2.24, 2.45) is 11.8 Å². The maximum atomic E-state index is 12.4. The molecule has 0 bridgehead atoms. The molecule has 2 nitrogen and oxygen atoms in total. The summed E-state index contributed by atoms with van der Waals surface area (Å²) in [5, 5.41) is 3.08. The van der Waals surface area contributed by atoms with Gasteiger partial charge < -0.3 is 5.32 Å². The van der Waals surface area contributed by atoms with Gasteiger partial charge in [-0.25, -0.2) is 0 Å². The SMILES string of the molecule is CC(C(=O)c1ccc(C(F)(F)F)cc1)C1CNC1. The van der Waals surface area contributed by atoms with E-state index in [2.05, 4.69) is 5.32 Å². The van der Waals surface area contributed by atoms with E-state index < -0.39 is 11.7 Å². The number of ketones is 1. The van der Waals surface area contributed by atoms with Crippen LogP contribution in [0.2, 0.25) is 0 Å². The van der Waals surface area contributed by atoms with E-state index in [9.17, 15) is 18.0 Å². The minimum absolute atomic E-state index is 0.0878. The highest BCUT2D eigenvalue weighted by Crippen LogP contribution is 2.29. The summed E-state index contributed by atoms with van der Waals surface area (Å²) in [6.07, 6.45) is -4.36. The average molecular weight is 257 g/mol. The fourth-order valence-corrected chi connectivity index (χ4v) is 1.97. The lowest BCUT2D eigenvalue weighted by Gasteiger charge is -2.31. The van der Waals surface area contributed by atoms with Gasteiger partial charge in [0.25, 0.3) is 0 Å². The Balaban J connectivity index is 2.11. The second-order valence-electron chi connectivity index (χ2n) is 4.65. The normalized spacial score (nSPS) is 18.2. The van der Waals surface area contributed by atoms with Crippen molar-refractivity contribution in [3.63, 3.8) is 0 Å². The number of carbonyl (C=O) groups excluding carboxylic acids is 1. The predicted molar refractivity (Wildman–Crippen MR) is 61.3 cm³/mol. The lowest BCUT2D eigenvalue weighted by molar-refractivity contribution is -0.137. The third-order valence-electron chi connectivity index (χ3n) is 3.43. The standard InChI is InChI=1S/C13H14F3NO/c1-8(10-6-17-7-10)12(18)9-2-4-11(5-3-9)13(14,15)16/h2-5,8,10,17H,6-7H2,1H3. The summed E-state index contributed by atoms with van der Waals surface area (Å²) in [5.74, 6) is 0.0537. The molecular weight excluding hydrogens is 243 g/mol. The number of rotatable bonds is 3. The first kappa shape index (κ1) is 13.1. The lowest BCUT2D eigenvalue weighted by Crippen LogP contribution is -2.47. The van der Waals surface area contributed by atoms with E-state index in [1.807, 2.05) is 6.92 Å². The lowest BCUT2D eigenvalue weighted by atomic mass is 9.83. The van der Waals surface area contributed by atoms with E-state index in [1.54, 1.807) is 0 Å². The quantitative estimate of drug-likeness (QED) is 0.844. The van der Waals surface area contributed by atoms with Crippen LogP contribution in [0.5, 0.6) is 0 Å². The fourth-order valence-electron chi connectivity index (χ4n) is 1.97. The van der Waals surface area contributed by atoms with Crippen molar-refractivity contribution in [1.82, 2.24) is 5.32 Å². The summed E-state index contributed by atoms with van der Waals surface area (Å²) in [6.45, 7) is 3.42. The molecule has 1 aliphatic rings. The van der Waals surface area contributed by atoms with Crippen LogP contribution in [0.25, 0.3) is 0 Å². The first-order valence-electron chi connectivity index (χ1n) is 5.82. The number of carbonyl (C=O) groups is 1. The third kappa shape index (κ3) is 2.56. The van der Waals surface area contributed by atoms with E-state index in [0.29, 0.717) is 11.5 Å². The molecule has 1 aromatic rings. The van der Waals surface area contributed by atoms with Gasteiger partial charge in [-0.1, -0.05) is 19.1 Å². The molecule has 1 unspecified atom stereocenters. The van der Waals surface area contributed by atoms with E-state index in [4.69, 9.17) is 0 Å². The monoisotopic (exact) mass is 257 g/mol. The number of alkyl halides is 3. The molecule has 1 aromatic carbocycles. The third-order valence-corrected chi connectivity index (χ3v) is 3.43. The number of hydrogen-bond donors (Lipinski definition) is 1. The Hall–Kier alpha value is -1.36. The zero-order valence-corrected chi connectivity index (χ0v) is 9.92. The van der Waals surface area contributed by atoms with Gasteiger partial charge >= 0.3 is 6.18 Å². The van der Waals surface area contributed by atoms with Crippen LogP contribution in [0.1, 0.15) is 22.8 Å². The molecule has 18 heavy (non-hydrogen) atoms. The molecular formula is C13H14F3NO. The first-order chi connectivity index (χ1) is 8.39. The molecule has 0 radical (unpaired) electrons. The summed E-state index contributed by atoms with van der Waals surface area (Å²) in [7, 11) is 0. The van der Waals surface area contributed by atoms with E-state index >= 15 is 0 Å². The predicted octanol–water partition coefficient (Wildman–Crippen LogP) is 2.74. The van der Waals surface area contributed by atoms with Crippen molar-refractivity contribution in [1.29, 1.82) is 0 Å². The van der Waals surface area contributed by atoms with Crippen LogP contribution in [-0.4, -0.2) is 18.9 Å². The molecule has 1 saturated heterocycles. The van der Waals surface area contributed by atoms with Gasteiger partial charge in [0.05, 0.1) is 5.56 Å². The summed E-state index contributed by atoms with van der Waals surface area (Å²) in [5.41, 5.74) is -0.376. The summed E-state index contributed by atoms with van der Waals surface area (Å²) < 4.78 is 37.1. The minimum Gasteiger partial charge on any atom is -0.316 e. The van der Waals surface area contributed by atoms with Crippen LogP contribution in [0.3, 0.4) is 0 Å². The van der Waals surface area contributed by atoms with E-state index in [1.165, 1.54) is 12.1 Å². The second-order valence-corrected chi connectivity index (χ2v) is 4.65. The van der Waals surface area contributed by atoms with E-state index in [-0.39, 0.29) is 11.7 Å². The first-order valence-corrected chi connectivity index (χ1v) is 5.82. The molecule has 1 heterocycles. The zero-order valence-electron chi connectivity index (χ0n) is 9.92. The van der Waals surface area contributed by atoms with Gasteiger partial charge in [0, 0.05) is 11.5 Å². The summed E-state index contributed by atoms with van der Waals surface area (Å²) in [6, 6.07) is 4.43. The number of halogens is 3. The van der Waals surface area contributed by atoms with E-state index in [0.717, 1.165) is 25.2 Å². The Kier molecular flexibility index (Phi) is 3.43. The molecule has 0 saturated carbocycles. The highest BCUT2D eigenvalue weighted by atomic mass is 19.4. The topological polar surface area (TPSA) is 29.1 Å². The van der Waals surface area contributed by atoms with Crippen LogP contribution in [0.15, 0.2) is 24.3 Å². The molecule has 1 N–H and O–H groups in total. The largest absolute Gasteiger partial charge is 0.416 e. The molecule has 0 spiro atoms. The number of nitrogens with one attached hydrogen (secondary N) is 1. The molecule has 0 amide bonds. The van der Waals surface area contributed by atoms with Crippen molar-refractivity contribution in [3.05, 3.63) is 35.4 Å². The Morgan fingerprint density at radius 1 is 1.28 bits per heavy atom. The molecule has 1 aliphatic heterocycles. The molecule has 2 rings (SSSR count). The molecule has 1 atom stereocenters. The Morgan fingerprint density at radius 3 is 2.22 bits per heavy atom. The minimum atomic E-state index is -4.36. The van der Waals surface area contributed by atoms with Gasteiger partial charge in [-0.15, -0.1) is 0 Å². The molecule has 5 heteroatoms. The highest BCUT2D eigenvalue weighted by molar-refractivity contribution is 5.97. The van der Waals surface area contributed by atoms with Crippen molar-refractivity contribution in [3.8, 4) is 0 Å². The maximum Gasteiger partial charge on any atom is 0.416 e. The molecule has 0 aromatic heterocycles. The van der Waals surface area contributed by atoms with Crippen LogP contribution in [-0.2, 0) is 6.18 Å². The van der Waals surface area contributed by atoms with Gasteiger partial charge in [0.15, 0.2) is 5.78 Å². The Morgan fingerprint density at radius 2 is 1.83 bits per heavy atom. The van der Waals surface area contributed by atoms with Crippen LogP contribution < -0.4 is 5.32 Å². The molecule has 98 valence electrons. The van der Waals surface area contributed by atoms with Crippen molar-refractivity contribution < 1.29 is 18.0 Å². The summed E-state index contributed by atoms with van der Waals surface area (Å²) in [4.78, 5) is 12.0. The van der Waals surface area contributed by atoms with Crippen molar-refractivity contribution >= 4 is 5.78 Å². The zero-order chi connectivity index (χ0) is 13.3. The number of hydrogen-bond acceptors (Lipinski definition) is 2. The molecule has 0 aliphatic carbocycles. The van der Waals surface area contributed by atoms with Crippen molar-refractivity contribution in [2.45, 2.75) is 13.1 Å². The van der Waals surface area contributed by atoms with Crippen LogP contribution >= 0.6 is 0 Å². The van der Waals surface area contributed by atoms with Crippen LogP contribution in [0, 0.1) is 11.8 Å². The maximum absolute atomic E-state index is 12.4. The number of Topliss-reactive ketones (excluding diaryl/α,β-unsaturated/α-hetero) is 1. The second kappa shape index (κ2) is 4.72. The Labute approximate surface area is 103 Å². The van der Waals surface area contributed by atoms with Gasteiger partial charge in [0.2, 0.25) is 0 Å². The van der Waals surface area contributed by atoms with Gasteiger partial charge in [-0.3, -0.25) is 4.79 Å². The Bertz CT molecular complexity index is 435. The highest BCUT2D eigenvalue weighted by Gasteiger charge is 2.32. The fraction of sp³-hybridized carbons (Fsp3) is 0.462. The van der Waals surface area contributed by atoms with Crippen LogP contribution in [0.4, 0.5) is 13.2 Å². The number of benzene rings is 1. The summed E-state index contributed by atoms with van der Waals surface area (Å²) >= 11 is 0. The molecule has 1 fully saturated rings. The van der Waals surface area contributed by atoms with Crippen molar-refractivity contribution in [2.75, 3.05) is 13.1 Å².